The number of rotatable bonds is 8. The Morgan fingerprint density at radius 2 is 2.10 bits per heavy atom. The minimum Gasteiger partial charge on any atom is -0.459 e. The van der Waals surface area contributed by atoms with Gasteiger partial charge >= 0.3 is 5.97 Å². The summed E-state index contributed by atoms with van der Waals surface area (Å²) < 4.78 is 5.26. The van der Waals surface area contributed by atoms with Gasteiger partial charge in [0.2, 0.25) is 6.54 Å². The molecule has 1 fully saturated rings. The highest BCUT2D eigenvalue weighted by Gasteiger charge is 2.44. The molecule has 3 atom stereocenters. The number of hydrogen-bond acceptors (Lipinski definition) is 8. The first-order chi connectivity index (χ1) is 13.8. The summed E-state index contributed by atoms with van der Waals surface area (Å²) in [6.07, 6.45) is 0.150. The Hall–Kier alpha value is -2.81. The summed E-state index contributed by atoms with van der Waals surface area (Å²) in [5.74, 6) is -1.79. The third-order valence-corrected chi connectivity index (χ3v) is 5.97. The van der Waals surface area contributed by atoms with Crippen molar-refractivity contribution in [2.45, 2.75) is 33.3 Å². The van der Waals surface area contributed by atoms with E-state index in [1.807, 2.05) is 38.1 Å². The van der Waals surface area contributed by atoms with Gasteiger partial charge in [0.05, 0.1) is 12.1 Å². The standard InChI is InChI=1S/C20H23N3O5S/c1-12-3-5-14(6-4-12)21-20-22-15(11-29-20)10-28-19(25)8-16-17(9-23(26)27)13(2)7-18(16)24/h3-6,11,13,16-17H,7-10H2,1-2H3,(H,21,22)/t13-,16+,17+/m1/s1. The number of hydrogen-bond donors (Lipinski definition) is 1. The Balaban J connectivity index is 1.51. The number of nitrogens with zero attached hydrogens (tertiary/aromatic N) is 2. The normalized spacial score (nSPS) is 21.2. The van der Waals surface area contributed by atoms with Crippen molar-refractivity contribution in [1.29, 1.82) is 0 Å². The molecular formula is C20H23N3O5S. The summed E-state index contributed by atoms with van der Waals surface area (Å²) in [6, 6.07) is 7.90. The fraction of sp³-hybridized carbons (Fsp3) is 0.450. The van der Waals surface area contributed by atoms with Crippen molar-refractivity contribution in [3.63, 3.8) is 0 Å². The van der Waals surface area contributed by atoms with Crippen molar-refractivity contribution in [1.82, 2.24) is 4.98 Å². The van der Waals surface area contributed by atoms with Gasteiger partial charge in [-0.15, -0.1) is 11.3 Å². The van der Waals surface area contributed by atoms with E-state index in [1.54, 1.807) is 5.38 Å². The number of benzene rings is 1. The average molecular weight is 417 g/mol. The second-order valence-corrected chi connectivity index (χ2v) is 8.29. The molecule has 3 rings (SSSR count). The van der Waals surface area contributed by atoms with Gasteiger partial charge in [-0.3, -0.25) is 19.7 Å². The first-order valence-electron chi connectivity index (χ1n) is 9.40. The van der Waals surface area contributed by atoms with E-state index in [1.165, 1.54) is 11.3 Å². The van der Waals surface area contributed by atoms with E-state index in [0.717, 1.165) is 11.3 Å². The van der Waals surface area contributed by atoms with Crippen LogP contribution in [0.5, 0.6) is 0 Å². The van der Waals surface area contributed by atoms with Gasteiger partial charge in [-0.05, 0) is 25.0 Å². The van der Waals surface area contributed by atoms with Gasteiger partial charge in [-0.25, -0.2) is 4.98 Å². The van der Waals surface area contributed by atoms with Gasteiger partial charge in [0.25, 0.3) is 0 Å². The zero-order valence-corrected chi connectivity index (χ0v) is 17.1. The van der Waals surface area contributed by atoms with Crippen LogP contribution in [0, 0.1) is 34.8 Å². The molecule has 1 aromatic carbocycles. The van der Waals surface area contributed by atoms with Gasteiger partial charge in [-0.1, -0.05) is 24.6 Å². The van der Waals surface area contributed by atoms with Crippen LogP contribution in [0.25, 0.3) is 0 Å². The van der Waals surface area contributed by atoms with Gasteiger partial charge < -0.3 is 10.1 Å². The molecule has 0 aliphatic heterocycles. The lowest BCUT2D eigenvalue weighted by atomic mass is 9.88. The smallest absolute Gasteiger partial charge is 0.306 e. The zero-order valence-electron chi connectivity index (χ0n) is 16.3. The second-order valence-electron chi connectivity index (χ2n) is 7.43. The Labute approximate surface area is 172 Å². The quantitative estimate of drug-likeness (QED) is 0.395. The molecule has 0 bridgehead atoms. The number of nitro groups is 1. The second kappa shape index (κ2) is 9.13. The van der Waals surface area contributed by atoms with Crippen molar-refractivity contribution in [2.24, 2.45) is 17.8 Å². The molecule has 9 heteroatoms. The number of ether oxygens (including phenoxy) is 1. The maximum absolute atomic E-state index is 12.2. The number of thiazole rings is 1. The number of nitrogens with one attached hydrogen (secondary N) is 1. The van der Waals surface area contributed by atoms with Crippen LogP contribution < -0.4 is 5.32 Å². The molecule has 0 unspecified atom stereocenters. The number of esters is 1. The molecule has 1 heterocycles. The molecule has 1 saturated carbocycles. The van der Waals surface area contributed by atoms with E-state index in [-0.39, 0.29) is 37.7 Å². The predicted octanol–water partition coefficient (Wildman–Crippen LogP) is 3.75. The minimum absolute atomic E-state index is 0.00127. The SMILES string of the molecule is Cc1ccc(Nc2nc(COC(=O)C[C@@H]3C(=O)C[C@@H](C)[C@@H]3C[N+](=O)[O-])cs2)cc1. The van der Waals surface area contributed by atoms with Gasteiger partial charge in [0, 0.05) is 34.2 Å². The molecule has 0 radical (unpaired) electrons. The number of Topliss-reactive ketones (excluding diaryl/α,β-unsaturated/α-hetero) is 1. The number of carbonyl (C=O) groups excluding carboxylic acids is 2. The molecule has 8 nitrogen and oxygen atoms in total. The molecule has 2 aromatic rings. The van der Waals surface area contributed by atoms with Crippen LogP contribution in [-0.4, -0.2) is 28.2 Å². The highest BCUT2D eigenvalue weighted by Crippen LogP contribution is 2.36. The molecule has 29 heavy (non-hydrogen) atoms. The molecule has 0 amide bonds. The third kappa shape index (κ3) is 5.60. The van der Waals surface area contributed by atoms with Crippen molar-refractivity contribution in [3.8, 4) is 0 Å². The Kier molecular flexibility index (Phi) is 6.58. The molecule has 154 valence electrons. The molecule has 1 aliphatic rings. The van der Waals surface area contributed by atoms with Crippen LogP contribution in [0.4, 0.5) is 10.8 Å². The number of anilines is 2. The van der Waals surface area contributed by atoms with Crippen LogP contribution in [-0.2, 0) is 20.9 Å². The summed E-state index contributed by atoms with van der Waals surface area (Å²) >= 11 is 1.40. The summed E-state index contributed by atoms with van der Waals surface area (Å²) in [6.45, 7) is 3.53. The lowest BCUT2D eigenvalue weighted by Crippen LogP contribution is -2.27. The van der Waals surface area contributed by atoms with Crippen LogP contribution in [0.2, 0.25) is 0 Å². The van der Waals surface area contributed by atoms with Gasteiger partial charge in [-0.2, -0.15) is 0 Å². The Morgan fingerprint density at radius 1 is 1.38 bits per heavy atom. The van der Waals surface area contributed by atoms with E-state index in [4.69, 9.17) is 4.74 Å². The summed E-state index contributed by atoms with van der Waals surface area (Å²) in [5, 5.41) is 16.5. The molecule has 1 aromatic heterocycles. The number of aromatic nitrogens is 1. The molecule has 1 aliphatic carbocycles. The third-order valence-electron chi connectivity index (χ3n) is 5.17. The van der Waals surface area contributed by atoms with E-state index in [9.17, 15) is 19.7 Å². The number of carbonyl (C=O) groups is 2. The topological polar surface area (TPSA) is 111 Å². The van der Waals surface area contributed by atoms with Crippen LogP contribution in [0.3, 0.4) is 0 Å². The largest absolute Gasteiger partial charge is 0.459 e. The summed E-state index contributed by atoms with van der Waals surface area (Å²) in [4.78, 5) is 39.2. The molecule has 1 N–H and O–H groups in total. The highest BCUT2D eigenvalue weighted by molar-refractivity contribution is 7.13. The van der Waals surface area contributed by atoms with E-state index in [2.05, 4.69) is 10.3 Å². The zero-order chi connectivity index (χ0) is 21.0. The van der Waals surface area contributed by atoms with Gasteiger partial charge in [0.15, 0.2) is 5.13 Å². The Bertz CT molecular complexity index is 896. The van der Waals surface area contributed by atoms with Crippen LogP contribution in [0.1, 0.15) is 31.0 Å². The van der Waals surface area contributed by atoms with Crippen LogP contribution >= 0.6 is 11.3 Å². The fourth-order valence-electron chi connectivity index (χ4n) is 3.58. The molecule has 0 spiro atoms. The Morgan fingerprint density at radius 3 is 2.79 bits per heavy atom. The lowest BCUT2D eigenvalue weighted by Gasteiger charge is -2.16. The van der Waals surface area contributed by atoms with Crippen molar-refractivity contribution >= 4 is 33.9 Å². The first kappa shape index (κ1) is 20.9. The van der Waals surface area contributed by atoms with Gasteiger partial charge in [0.1, 0.15) is 12.4 Å². The number of aryl methyl sites for hydroxylation is 1. The molecular weight excluding hydrogens is 394 g/mol. The van der Waals surface area contributed by atoms with Crippen molar-refractivity contribution in [3.05, 3.63) is 51.0 Å². The first-order valence-corrected chi connectivity index (χ1v) is 10.3. The average Bonchev–Trinajstić information content (AvgIpc) is 3.21. The number of ketones is 1. The fourth-order valence-corrected chi connectivity index (χ4v) is 4.30. The molecule has 0 saturated heterocycles. The monoisotopic (exact) mass is 417 g/mol. The minimum atomic E-state index is -0.642. The van der Waals surface area contributed by atoms with E-state index >= 15 is 0 Å². The van der Waals surface area contributed by atoms with Crippen molar-refractivity contribution in [2.75, 3.05) is 11.9 Å². The van der Waals surface area contributed by atoms with E-state index < -0.39 is 22.7 Å². The summed E-state index contributed by atoms with van der Waals surface area (Å²) in [7, 11) is 0. The lowest BCUT2D eigenvalue weighted by molar-refractivity contribution is -0.490. The van der Waals surface area contributed by atoms with Crippen LogP contribution in [0.15, 0.2) is 29.6 Å². The maximum Gasteiger partial charge on any atom is 0.306 e. The predicted molar refractivity (Wildman–Crippen MR) is 109 cm³/mol. The summed E-state index contributed by atoms with van der Waals surface area (Å²) in [5.41, 5.74) is 2.68. The highest BCUT2D eigenvalue weighted by atomic mass is 32.1. The maximum atomic E-state index is 12.2. The van der Waals surface area contributed by atoms with E-state index in [0.29, 0.717) is 10.8 Å². The van der Waals surface area contributed by atoms with Crippen molar-refractivity contribution < 1.29 is 19.2 Å².